The number of hydrogen-bond acceptors (Lipinski definition) is 3. The zero-order chi connectivity index (χ0) is 13.8. The standard InChI is InChI=1S/C16H26N2S/c1-12(2)13-5-7-14(8-6-13)16(17-3)15-11-19-10-9-18(15)4/h5-8,12,15-17H,9-11H2,1-4H3. The largest absolute Gasteiger partial charge is 0.312 e. The third-order valence-electron chi connectivity index (χ3n) is 4.10. The lowest BCUT2D eigenvalue weighted by Gasteiger charge is -2.38. The van der Waals surface area contributed by atoms with Gasteiger partial charge in [-0.15, -0.1) is 0 Å². The van der Waals surface area contributed by atoms with E-state index in [0.717, 1.165) is 0 Å². The first kappa shape index (κ1) is 14.9. The molecule has 1 N–H and O–H groups in total. The maximum Gasteiger partial charge on any atom is 0.0483 e. The van der Waals surface area contributed by atoms with Crippen LogP contribution in [0.15, 0.2) is 24.3 Å². The van der Waals surface area contributed by atoms with Gasteiger partial charge >= 0.3 is 0 Å². The summed E-state index contributed by atoms with van der Waals surface area (Å²) in [5.74, 6) is 3.08. The van der Waals surface area contributed by atoms with Crippen LogP contribution in [0.25, 0.3) is 0 Å². The summed E-state index contributed by atoms with van der Waals surface area (Å²) in [6.45, 7) is 5.68. The third-order valence-corrected chi connectivity index (χ3v) is 5.15. The smallest absolute Gasteiger partial charge is 0.0483 e. The van der Waals surface area contributed by atoms with Crippen molar-refractivity contribution < 1.29 is 0 Å². The minimum atomic E-state index is 0.430. The van der Waals surface area contributed by atoms with Crippen molar-refractivity contribution in [2.45, 2.75) is 31.8 Å². The topological polar surface area (TPSA) is 15.3 Å². The number of hydrogen-bond donors (Lipinski definition) is 1. The van der Waals surface area contributed by atoms with Crippen molar-refractivity contribution in [1.82, 2.24) is 10.2 Å². The minimum Gasteiger partial charge on any atom is -0.312 e. The molecule has 0 bridgehead atoms. The van der Waals surface area contributed by atoms with Gasteiger partial charge in [0.1, 0.15) is 0 Å². The molecule has 106 valence electrons. The lowest BCUT2D eigenvalue weighted by molar-refractivity contribution is 0.221. The van der Waals surface area contributed by atoms with Crippen molar-refractivity contribution >= 4 is 11.8 Å². The second-order valence-electron chi connectivity index (χ2n) is 5.71. The zero-order valence-corrected chi connectivity index (χ0v) is 13.3. The maximum atomic E-state index is 3.51. The molecule has 0 spiro atoms. The molecule has 2 nitrogen and oxygen atoms in total. The lowest BCUT2D eigenvalue weighted by Crippen LogP contribution is -2.47. The molecule has 1 fully saturated rings. The number of nitrogens with zero attached hydrogens (tertiary/aromatic N) is 1. The summed E-state index contributed by atoms with van der Waals surface area (Å²) < 4.78 is 0. The molecular formula is C16H26N2S. The van der Waals surface area contributed by atoms with Gasteiger partial charge < -0.3 is 5.32 Å². The third kappa shape index (κ3) is 3.53. The zero-order valence-electron chi connectivity index (χ0n) is 12.5. The molecule has 1 saturated heterocycles. The van der Waals surface area contributed by atoms with Crippen molar-refractivity contribution in [3.63, 3.8) is 0 Å². The normalized spacial score (nSPS) is 22.7. The molecule has 1 aliphatic rings. The summed E-state index contributed by atoms with van der Waals surface area (Å²) in [7, 11) is 4.32. The molecule has 0 radical (unpaired) electrons. The van der Waals surface area contributed by atoms with Gasteiger partial charge in [0.2, 0.25) is 0 Å². The summed E-state index contributed by atoms with van der Waals surface area (Å²) in [5, 5.41) is 3.51. The molecule has 1 heterocycles. The van der Waals surface area contributed by atoms with Crippen LogP contribution in [0, 0.1) is 0 Å². The highest BCUT2D eigenvalue weighted by molar-refractivity contribution is 7.99. The summed E-state index contributed by atoms with van der Waals surface area (Å²) in [5.41, 5.74) is 2.83. The van der Waals surface area contributed by atoms with E-state index in [0.29, 0.717) is 18.0 Å². The van der Waals surface area contributed by atoms with E-state index in [2.05, 4.69) is 74.2 Å². The lowest BCUT2D eigenvalue weighted by atomic mass is 9.95. The highest BCUT2D eigenvalue weighted by Gasteiger charge is 2.28. The fourth-order valence-electron chi connectivity index (χ4n) is 2.73. The van der Waals surface area contributed by atoms with E-state index >= 15 is 0 Å². The van der Waals surface area contributed by atoms with Crippen molar-refractivity contribution in [2.75, 3.05) is 32.1 Å². The number of likely N-dealkylation sites (N-methyl/N-ethyl adjacent to an activating group) is 2. The molecule has 3 heteroatoms. The first-order chi connectivity index (χ1) is 9.13. The van der Waals surface area contributed by atoms with Crippen molar-refractivity contribution in [2.24, 2.45) is 0 Å². The molecule has 0 amide bonds. The Bertz CT molecular complexity index is 388. The van der Waals surface area contributed by atoms with E-state index in [1.807, 2.05) is 0 Å². The molecule has 0 aromatic heterocycles. The van der Waals surface area contributed by atoms with Crippen LogP contribution in [0.3, 0.4) is 0 Å². The van der Waals surface area contributed by atoms with Crippen LogP contribution in [0.1, 0.15) is 36.9 Å². The summed E-state index contributed by atoms with van der Waals surface area (Å²) in [6.07, 6.45) is 0. The minimum absolute atomic E-state index is 0.430. The van der Waals surface area contributed by atoms with Crippen LogP contribution in [0.4, 0.5) is 0 Å². The quantitative estimate of drug-likeness (QED) is 0.911. The van der Waals surface area contributed by atoms with E-state index in [-0.39, 0.29) is 0 Å². The molecule has 2 rings (SSSR count). The van der Waals surface area contributed by atoms with Crippen molar-refractivity contribution in [1.29, 1.82) is 0 Å². The van der Waals surface area contributed by atoms with Crippen LogP contribution in [-0.2, 0) is 0 Å². The van der Waals surface area contributed by atoms with Crippen LogP contribution in [-0.4, -0.2) is 43.1 Å². The average molecular weight is 278 g/mol. The molecule has 0 saturated carbocycles. The molecular weight excluding hydrogens is 252 g/mol. The van der Waals surface area contributed by atoms with E-state index in [4.69, 9.17) is 0 Å². The average Bonchev–Trinajstić information content (AvgIpc) is 2.42. The fourth-order valence-corrected chi connectivity index (χ4v) is 4.00. The maximum absolute atomic E-state index is 3.51. The Morgan fingerprint density at radius 1 is 1.21 bits per heavy atom. The first-order valence-corrected chi connectivity index (χ1v) is 8.34. The summed E-state index contributed by atoms with van der Waals surface area (Å²) in [6, 6.07) is 10.2. The van der Waals surface area contributed by atoms with Crippen LogP contribution < -0.4 is 5.32 Å². The predicted molar refractivity (Wildman–Crippen MR) is 86.1 cm³/mol. The van der Waals surface area contributed by atoms with E-state index < -0.39 is 0 Å². The van der Waals surface area contributed by atoms with Gasteiger partial charge in [-0.1, -0.05) is 38.1 Å². The Hall–Kier alpha value is -0.510. The van der Waals surface area contributed by atoms with Crippen LogP contribution >= 0.6 is 11.8 Å². The van der Waals surface area contributed by atoms with Gasteiger partial charge in [-0.05, 0) is 31.1 Å². The van der Waals surface area contributed by atoms with Crippen molar-refractivity contribution in [3.8, 4) is 0 Å². The summed E-state index contributed by atoms with van der Waals surface area (Å²) >= 11 is 2.07. The second kappa shape index (κ2) is 6.78. The predicted octanol–water partition coefficient (Wildman–Crippen LogP) is 3.12. The molecule has 19 heavy (non-hydrogen) atoms. The van der Waals surface area contributed by atoms with Gasteiger partial charge in [-0.2, -0.15) is 11.8 Å². The summed E-state index contributed by atoms with van der Waals surface area (Å²) in [4.78, 5) is 2.49. The Labute approximate surface area is 122 Å². The first-order valence-electron chi connectivity index (χ1n) is 7.18. The Morgan fingerprint density at radius 3 is 2.37 bits per heavy atom. The van der Waals surface area contributed by atoms with Crippen molar-refractivity contribution in [3.05, 3.63) is 35.4 Å². The van der Waals surface area contributed by atoms with Gasteiger partial charge in [0.25, 0.3) is 0 Å². The van der Waals surface area contributed by atoms with E-state index in [1.165, 1.54) is 29.2 Å². The molecule has 2 atom stereocenters. The molecule has 1 aliphatic heterocycles. The van der Waals surface area contributed by atoms with Gasteiger partial charge in [0, 0.05) is 30.1 Å². The molecule has 1 aromatic carbocycles. The van der Waals surface area contributed by atoms with Gasteiger partial charge in [-0.3, -0.25) is 4.90 Å². The number of nitrogens with one attached hydrogen (secondary N) is 1. The second-order valence-corrected chi connectivity index (χ2v) is 6.86. The Kier molecular flexibility index (Phi) is 5.31. The highest BCUT2D eigenvalue weighted by atomic mass is 32.2. The monoisotopic (exact) mass is 278 g/mol. The SMILES string of the molecule is CNC(c1ccc(C(C)C)cc1)C1CSCCN1C. The fraction of sp³-hybridized carbons (Fsp3) is 0.625. The van der Waals surface area contributed by atoms with Gasteiger partial charge in [0.05, 0.1) is 0 Å². The molecule has 0 aliphatic carbocycles. The molecule has 2 unspecified atom stereocenters. The van der Waals surface area contributed by atoms with E-state index in [1.54, 1.807) is 0 Å². The van der Waals surface area contributed by atoms with Crippen LogP contribution in [0.5, 0.6) is 0 Å². The van der Waals surface area contributed by atoms with E-state index in [9.17, 15) is 0 Å². The Balaban J connectivity index is 2.16. The van der Waals surface area contributed by atoms with Gasteiger partial charge in [-0.25, -0.2) is 0 Å². The number of thioether (sulfide) groups is 1. The number of benzene rings is 1. The van der Waals surface area contributed by atoms with Crippen LogP contribution in [0.2, 0.25) is 0 Å². The highest BCUT2D eigenvalue weighted by Crippen LogP contribution is 2.27. The Morgan fingerprint density at radius 2 is 1.84 bits per heavy atom. The van der Waals surface area contributed by atoms with Gasteiger partial charge in [0.15, 0.2) is 0 Å². The number of rotatable bonds is 4. The molecule has 1 aromatic rings.